The van der Waals surface area contributed by atoms with Crippen molar-refractivity contribution in [3.05, 3.63) is 45.4 Å². The third-order valence-corrected chi connectivity index (χ3v) is 5.30. The first-order chi connectivity index (χ1) is 12.2. The number of thiazole rings is 1. The molecule has 0 bridgehead atoms. The van der Waals surface area contributed by atoms with Crippen LogP contribution in [0.5, 0.6) is 5.75 Å². The van der Waals surface area contributed by atoms with Crippen LogP contribution in [-0.2, 0) is 13.1 Å². The van der Waals surface area contributed by atoms with E-state index in [4.69, 9.17) is 4.74 Å². The molecule has 0 radical (unpaired) electrons. The average molecular weight is 359 g/mol. The zero-order valence-electron chi connectivity index (χ0n) is 15.1. The summed E-state index contributed by atoms with van der Waals surface area (Å²) in [4.78, 5) is 10.0. The molecule has 134 valence electrons. The maximum atomic E-state index is 5.97. The summed E-state index contributed by atoms with van der Waals surface area (Å²) in [5.74, 6) is 2.50. The Morgan fingerprint density at radius 3 is 2.68 bits per heavy atom. The number of aryl methyl sites for hydroxylation is 2. The van der Waals surface area contributed by atoms with Crippen molar-refractivity contribution in [1.82, 2.24) is 15.6 Å². The predicted octanol–water partition coefficient (Wildman–Crippen LogP) is 3.41. The highest BCUT2D eigenvalue weighted by molar-refractivity contribution is 7.11. The van der Waals surface area contributed by atoms with Gasteiger partial charge in [-0.05, 0) is 38.7 Å². The fourth-order valence-corrected chi connectivity index (χ4v) is 3.46. The summed E-state index contributed by atoms with van der Waals surface area (Å²) in [5, 5.41) is 7.82. The molecule has 2 N–H and O–H groups in total. The minimum absolute atomic E-state index is 0.682. The van der Waals surface area contributed by atoms with Crippen molar-refractivity contribution in [2.45, 2.75) is 39.8 Å². The highest BCUT2D eigenvalue weighted by Crippen LogP contribution is 2.30. The van der Waals surface area contributed by atoms with Gasteiger partial charge in [0.25, 0.3) is 0 Å². The predicted molar refractivity (Wildman–Crippen MR) is 103 cm³/mol. The largest absolute Gasteiger partial charge is 0.493 e. The van der Waals surface area contributed by atoms with Crippen LogP contribution in [0.15, 0.2) is 29.3 Å². The summed E-state index contributed by atoms with van der Waals surface area (Å²) in [5.41, 5.74) is 2.24. The molecule has 1 aromatic heterocycles. The molecule has 0 saturated heterocycles. The lowest BCUT2D eigenvalue weighted by atomic mass is 10.2. The number of benzene rings is 1. The lowest BCUT2D eigenvalue weighted by Gasteiger charge is -2.14. The summed E-state index contributed by atoms with van der Waals surface area (Å²) in [6.07, 6.45) is 2.60. The van der Waals surface area contributed by atoms with Crippen LogP contribution in [0.3, 0.4) is 0 Å². The van der Waals surface area contributed by atoms with E-state index in [1.54, 1.807) is 18.4 Å². The zero-order valence-corrected chi connectivity index (χ0v) is 15.9. The van der Waals surface area contributed by atoms with E-state index in [-0.39, 0.29) is 0 Å². The van der Waals surface area contributed by atoms with E-state index in [0.29, 0.717) is 6.54 Å². The number of aromatic nitrogens is 1. The number of nitrogens with one attached hydrogen (secondary N) is 2. The van der Waals surface area contributed by atoms with Crippen molar-refractivity contribution in [3.8, 4) is 5.75 Å². The molecule has 1 heterocycles. The second-order valence-electron chi connectivity index (χ2n) is 6.38. The quantitative estimate of drug-likeness (QED) is 0.588. The van der Waals surface area contributed by atoms with Crippen molar-refractivity contribution in [2.24, 2.45) is 10.9 Å². The third kappa shape index (κ3) is 5.19. The van der Waals surface area contributed by atoms with Crippen LogP contribution < -0.4 is 15.4 Å². The molecule has 25 heavy (non-hydrogen) atoms. The molecule has 1 aliphatic carbocycles. The standard InChI is InChI=1S/C19H26N4OS/c1-13-18(25-14(2)23-13)11-22-19(20-3)21-10-16-6-4-5-7-17(16)24-12-15-8-9-15/h4-7,15H,8-12H2,1-3H3,(H2,20,21,22). The smallest absolute Gasteiger partial charge is 0.191 e. The Kier molecular flexibility index (Phi) is 5.91. The van der Waals surface area contributed by atoms with Crippen LogP contribution in [-0.4, -0.2) is 24.6 Å². The molecule has 6 heteroatoms. The van der Waals surface area contributed by atoms with Gasteiger partial charge >= 0.3 is 0 Å². The first-order valence-electron chi connectivity index (χ1n) is 8.74. The summed E-state index contributed by atoms with van der Waals surface area (Å²) >= 11 is 1.72. The SMILES string of the molecule is CN=C(NCc1ccccc1OCC1CC1)NCc1sc(C)nc1C. The lowest BCUT2D eigenvalue weighted by molar-refractivity contribution is 0.296. The lowest BCUT2D eigenvalue weighted by Crippen LogP contribution is -2.36. The minimum atomic E-state index is 0.682. The van der Waals surface area contributed by atoms with Crippen LogP contribution in [0, 0.1) is 19.8 Å². The second kappa shape index (κ2) is 8.34. The number of hydrogen-bond donors (Lipinski definition) is 2. The first kappa shape index (κ1) is 17.7. The Labute approximate surface area is 153 Å². The fourth-order valence-electron chi connectivity index (χ4n) is 2.58. The summed E-state index contributed by atoms with van der Waals surface area (Å²) in [6, 6.07) is 8.20. The van der Waals surface area contributed by atoms with Crippen LogP contribution in [0.25, 0.3) is 0 Å². The van der Waals surface area contributed by atoms with E-state index in [1.807, 2.05) is 32.0 Å². The highest BCUT2D eigenvalue weighted by atomic mass is 32.1. The van der Waals surface area contributed by atoms with Crippen molar-refractivity contribution in [2.75, 3.05) is 13.7 Å². The van der Waals surface area contributed by atoms with E-state index < -0.39 is 0 Å². The molecule has 0 unspecified atom stereocenters. The van der Waals surface area contributed by atoms with Gasteiger partial charge in [-0.2, -0.15) is 0 Å². The van der Waals surface area contributed by atoms with Gasteiger partial charge in [-0.15, -0.1) is 11.3 Å². The van der Waals surface area contributed by atoms with Crippen molar-refractivity contribution < 1.29 is 4.74 Å². The Bertz CT molecular complexity index is 737. The number of rotatable bonds is 7. The molecule has 1 fully saturated rings. The van der Waals surface area contributed by atoms with Crippen molar-refractivity contribution in [3.63, 3.8) is 0 Å². The van der Waals surface area contributed by atoms with E-state index >= 15 is 0 Å². The maximum absolute atomic E-state index is 5.97. The number of ether oxygens (including phenoxy) is 1. The van der Waals surface area contributed by atoms with Gasteiger partial charge < -0.3 is 15.4 Å². The second-order valence-corrected chi connectivity index (χ2v) is 7.67. The van der Waals surface area contributed by atoms with Crippen molar-refractivity contribution >= 4 is 17.3 Å². The molecule has 0 spiro atoms. The summed E-state index contributed by atoms with van der Waals surface area (Å²) in [6.45, 7) is 6.32. The van der Waals surface area contributed by atoms with Gasteiger partial charge in [0.1, 0.15) is 5.75 Å². The molecule has 0 atom stereocenters. The number of guanidine groups is 1. The van der Waals surface area contributed by atoms with E-state index in [2.05, 4.69) is 26.7 Å². The Balaban J connectivity index is 1.53. The maximum Gasteiger partial charge on any atom is 0.191 e. The van der Waals surface area contributed by atoms with Gasteiger partial charge in [0.15, 0.2) is 5.96 Å². The molecule has 2 aromatic rings. The highest BCUT2D eigenvalue weighted by Gasteiger charge is 2.22. The summed E-state index contributed by atoms with van der Waals surface area (Å²) < 4.78 is 5.97. The monoisotopic (exact) mass is 358 g/mol. The molecular weight excluding hydrogens is 332 g/mol. The number of nitrogens with zero attached hydrogens (tertiary/aromatic N) is 2. The van der Waals surface area contributed by atoms with E-state index in [9.17, 15) is 0 Å². The summed E-state index contributed by atoms with van der Waals surface area (Å²) in [7, 11) is 1.79. The van der Waals surface area contributed by atoms with Crippen LogP contribution >= 0.6 is 11.3 Å². The molecule has 5 nitrogen and oxygen atoms in total. The van der Waals surface area contributed by atoms with Crippen LogP contribution in [0.1, 0.15) is 34.0 Å². The van der Waals surface area contributed by atoms with Gasteiger partial charge in [-0.1, -0.05) is 18.2 Å². The van der Waals surface area contributed by atoms with Gasteiger partial charge in [0.05, 0.1) is 23.9 Å². The van der Waals surface area contributed by atoms with Gasteiger partial charge in [-0.3, -0.25) is 4.99 Å². The van der Waals surface area contributed by atoms with E-state index in [0.717, 1.165) is 47.0 Å². The molecule has 0 amide bonds. The Hall–Kier alpha value is -2.08. The third-order valence-electron chi connectivity index (χ3n) is 4.23. The van der Waals surface area contributed by atoms with Gasteiger partial charge in [0.2, 0.25) is 0 Å². The van der Waals surface area contributed by atoms with E-state index in [1.165, 1.54) is 17.7 Å². The number of aliphatic imine (C=N–C) groups is 1. The van der Waals surface area contributed by atoms with Crippen molar-refractivity contribution in [1.29, 1.82) is 0 Å². The Morgan fingerprint density at radius 2 is 2.00 bits per heavy atom. The zero-order chi connectivity index (χ0) is 17.6. The minimum Gasteiger partial charge on any atom is -0.493 e. The average Bonchev–Trinajstić information content (AvgIpc) is 3.38. The van der Waals surface area contributed by atoms with Gasteiger partial charge in [0, 0.05) is 24.0 Å². The molecule has 1 saturated carbocycles. The van der Waals surface area contributed by atoms with Crippen LogP contribution in [0.2, 0.25) is 0 Å². The number of para-hydroxylation sites is 1. The first-order valence-corrected chi connectivity index (χ1v) is 9.55. The topological polar surface area (TPSA) is 58.5 Å². The van der Waals surface area contributed by atoms with Crippen LogP contribution in [0.4, 0.5) is 0 Å². The fraction of sp³-hybridized carbons (Fsp3) is 0.474. The molecule has 3 rings (SSSR count). The number of hydrogen-bond acceptors (Lipinski definition) is 4. The normalized spacial score (nSPS) is 14.4. The molecular formula is C19H26N4OS. The molecule has 0 aliphatic heterocycles. The van der Waals surface area contributed by atoms with Gasteiger partial charge in [-0.25, -0.2) is 4.98 Å². The molecule has 1 aliphatic rings. The Morgan fingerprint density at radius 1 is 1.24 bits per heavy atom. The molecule has 1 aromatic carbocycles.